The second-order valence-corrected chi connectivity index (χ2v) is 6.43. The third-order valence-electron chi connectivity index (χ3n) is 4.47. The number of nitrogens with one attached hydrogen (secondary N) is 1. The standard InChI is InChI=1S/C17H21ClN4O/c1-19-16-10-13(18)3-4-15(16)17(23)22-8-6-12(11-22)9-14-5-7-20-21(14)2/h3-5,7,10,12,19H,6,8-9,11H2,1-2H3/t12-/m0/s1. The number of nitrogens with zero attached hydrogens (tertiary/aromatic N) is 3. The summed E-state index contributed by atoms with van der Waals surface area (Å²) in [6.07, 6.45) is 3.80. The van der Waals surface area contributed by atoms with Crippen molar-refractivity contribution < 1.29 is 4.79 Å². The van der Waals surface area contributed by atoms with E-state index >= 15 is 0 Å². The summed E-state index contributed by atoms with van der Waals surface area (Å²) in [5, 5.41) is 7.89. The molecule has 1 aromatic heterocycles. The Kier molecular flexibility index (Phi) is 4.57. The van der Waals surface area contributed by atoms with Crippen molar-refractivity contribution >= 4 is 23.2 Å². The van der Waals surface area contributed by atoms with E-state index in [0.29, 0.717) is 16.5 Å². The Balaban J connectivity index is 1.69. The molecule has 0 radical (unpaired) electrons. The summed E-state index contributed by atoms with van der Waals surface area (Å²) in [4.78, 5) is 14.7. The van der Waals surface area contributed by atoms with Gasteiger partial charge in [-0.3, -0.25) is 9.48 Å². The summed E-state index contributed by atoms with van der Waals surface area (Å²) in [7, 11) is 3.76. The first kappa shape index (κ1) is 15.9. The van der Waals surface area contributed by atoms with Crippen molar-refractivity contribution in [3.05, 3.63) is 46.7 Å². The van der Waals surface area contributed by atoms with E-state index in [9.17, 15) is 4.79 Å². The highest BCUT2D eigenvalue weighted by atomic mass is 35.5. The van der Waals surface area contributed by atoms with Crippen molar-refractivity contribution in [3.8, 4) is 0 Å². The predicted octanol–water partition coefficient (Wildman–Crippen LogP) is 2.82. The molecular formula is C17H21ClN4O. The van der Waals surface area contributed by atoms with E-state index in [4.69, 9.17) is 11.6 Å². The van der Waals surface area contributed by atoms with E-state index in [-0.39, 0.29) is 5.91 Å². The molecule has 3 rings (SSSR count). The van der Waals surface area contributed by atoms with E-state index < -0.39 is 0 Å². The molecule has 1 aliphatic heterocycles. The molecule has 0 unspecified atom stereocenters. The molecular weight excluding hydrogens is 312 g/mol. The number of aromatic nitrogens is 2. The number of anilines is 1. The Morgan fingerprint density at radius 3 is 2.96 bits per heavy atom. The summed E-state index contributed by atoms with van der Waals surface area (Å²) in [5.41, 5.74) is 2.67. The number of aryl methyl sites for hydroxylation is 1. The molecule has 1 aromatic carbocycles. The van der Waals surface area contributed by atoms with Gasteiger partial charge in [0.25, 0.3) is 5.91 Å². The first-order valence-corrected chi connectivity index (χ1v) is 8.19. The highest BCUT2D eigenvalue weighted by molar-refractivity contribution is 6.31. The molecule has 1 N–H and O–H groups in total. The van der Waals surface area contributed by atoms with Gasteiger partial charge in [0.2, 0.25) is 0 Å². The summed E-state index contributed by atoms with van der Waals surface area (Å²) >= 11 is 6.00. The number of carbonyl (C=O) groups excluding carboxylic acids is 1. The highest BCUT2D eigenvalue weighted by Gasteiger charge is 2.28. The lowest BCUT2D eigenvalue weighted by atomic mass is 10.0. The maximum absolute atomic E-state index is 12.8. The van der Waals surface area contributed by atoms with Gasteiger partial charge >= 0.3 is 0 Å². The molecule has 1 saturated heterocycles. The van der Waals surface area contributed by atoms with Gasteiger partial charge in [-0.25, -0.2) is 0 Å². The third kappa shape index (κ3) is 3.34. The molecule has 2 heterocycles. The minimum absolute atomic E-state index is 0.0681. The highest BCUT2D eigenvalue weighted by Crippen LogP contribution is 2.26. The van der Waals surface area contributed by atoms with Crippen LogP contribution in [0.3, 0.4) is 0 Å². The molecule has 5 nitrogen and oxygen atoms in total. The van der Waals surface area contributed by atoms with Crippen molar-refractivity contribution in [2.75, 3.05) is 25.5 Å². The Hall–Kier alpha value is -2.01. The molecule has 1 aliphatic rings. The topological polar surface area (TPSA) is 50.2 Å². The predicted molar refractivity (Wildman–Crippen MR) is 91.9 cm³/mol. The zero-order valence-corrected chi connectivity index (χ0v) is 14.2. The number of carbonyl (C=O) groups is 1. The van der Waals surface area contributed by atoms with Crippen LogP contribution in [0.1, 0.15) is 22.5 Å². The molecule has 1 atom stereocenters. The fourth-order valence-electron chi connectivity index (χ4n) is 3.16. The normalized spacial score (nSPS) is 17.5. The molecule has 0 saturated carbocycles. The monoisotopic (exact) mass is 332 g/mol. The summed E-state index contributed by atoms with van der Waals surface area (Å²) in [5.74, 6) is 0.554. The van der Waals surface area contributed by atoms with Crippen LogP contribution in [0.2, 0.25) is 5.02 Å². The molecule has 2 aromatic rings. The van der Waals surface area contributed by atoms with Crippen LogP contribution in [0.5, 0.6) is 0 Å². The van der Waals surface area contributed by atoms with Gasteiger partial charge in [-0.2, -0.15) is 5.10 Å². The first-order chi connectivity index (χ1) is 11.1. The van der Waals surface area contributed by atoms with E-state index in [1.165, 1.54) is 5.69 Å². The SMILES string of the molecule is CNc1cc(Cl)ccc1C(=O)N1CC[C@@H](Cc2ccnn2C)C1. The zero-order valence-electron chi connectivity index (χ0n) is 13.4. The minimum atomic E-state index is 0.0681. The number of hydrogen-bond donors (Lipinski definition) is 1. The lowest BCUT2D eigenvalue weighted by molar-refractivity contribution is 0.0788. The Bertz CT molecular complexity index is 712. The van der Waals surface area contributed by atoms with Gasteiger partial charge in [-0.05, 0) is 43.0 Å². The molecule has 0 spiro atoms. The summed E-state index contributed by atoms with van der Waals surface area (Å²) in [6.45, 7) is 1.59. The van der Waals surface area contributed by atoms with Crippen LogP contribution >= 0.6 is 11.6 Å². The fraction of sp³-hybridized carbons (Fsp3) is 0.412. The van der Waals surface area contributed by atoms with E-state index in [1.807, 2.05) is 28.9 Å². The van der Waals surface area contributed by atoms with Crippen molar-refractivity contribution in [2.45, 2.75) is 12.8 Å². The van der Waals surface area contributed by atoms with E-state index in [1.54, 1.807) is 25.2 Å². The van der Waals surface area contributed by atoms with Crippen molar-refractivity contribution in [1.29, 1.82) is 0 Å². The van der Waals surface area contributed by atoms with Gasteiger partial charge < -0.3 is 10.2 Å². The first-order valence-electron chi connectivity index (χ1n) is 7.82. The number of rotatable bonds is 4. The van der Waals surface area contributed by atoms with Crippen LogP contribution in [0.25, 0.3) is 0 Å². The van der Waals surface area contributed by atoms with E-state index in [0.717, 1.165) is 31.6 Å². The Morgan fingerprint density at radius 2 is 2.26 bits per heavy atom. The molecule has 6 heteroatoms. The van der Waals surface area contributed by atoms with Gasteiger partial charge in [0.15, 0.2) is 0 Å². The molecule has 23 heavy (non-hydrogen) atoms. The molecule has 1 fully saturated rings. The van der Waals surface area contributed by atoms with Crippen LogP contribution in [0, 0.1) is 5.92 Å². The van der Waals surface area contributed by atoms with Crippen LogP contribution < -0.4 is 5.32 Å². The molecule has 1 amide bonds. The smallest absolute Gasteiger partial charge is 0.255 e. The Morgan fingerprint density at radius 1 is 1.43 bits per heavy atom. The second kappa shape index (κ2) is 6.62. The largest absolute Gasteiger partial charge is 0.387 e. The van der Waals surface area contributed by atoms with Gasteiger partial charge in [0.1, 0.15) is 0 Å². The van der Waals surface area contributed by atoms with Gasteiger partial charge in [0.05, 0.1) is 5.56 Å². The van der Waals surface area contributed by atoms with Gasteiger partial charge in [-0.1, -0.05) is 11.6 Å². The average molecular weight is 333 g/mol. The van der Waals surface area contributed by atoms with Crippen molar-refractivity contribution in [2.24, 2.45) is 13.0 Å². The van der Waals surface area contributed by atoms with E-state index in [2.05, 4.69) is 10.4 Å². The minimum Gasteiger partial charge on any atom is -0.387 e. The maximum atomic E-state index is 12.8. The lowest BCUT2D eigenvalue weighted by Gasteiger charge is -2.19. The number of likely N-dealkylation sites (tertiary alicyclic amines) is 1. The third-order valence-corrected chi connectivity index (χ3v) is 4.71. The van der Waals surface area contributed by atoms with Gasteiger partial charge in [-0.15, -0.1) is 0 Å². The maximum Gasteiger partial charge on any atom is 0.255 e. The summed E-state index contributed by atoms with van der Waals surface area (Å²) in [6, 6.07) is 7.39. The van der Waals surface area contributed by atoms with Crippen LogP contribution in [0.4, 0.5) is 5.69 Å². The second-order valence-electron chi connectivity index (χ2n) is 6.00. The number of benzene rings is 1. The molecule has 0 aliphatic carbocycles. The molecule has 0 bridgehead atoms. The van der Waals surface area contributed by atoms with Gasteiger partial charge in [0, 0.05) is 49.8 Å². The number of amides is 1. The quantitative estimate of drug-likeness (QED) is 0.936. The lowest BCUT2D eigenvalue weighted by Crippen LogP contribution is -2.29. The zero-order chi connectivity index (χ0) is 16.4. The van der Waals surface area contributed by atoms with Crippen LogP contribution in [0.15, 0.2) is 30.5 Å². The van der Waals surface area contributed by atoms with Crippen LogP contribution in [-0.2, 0) is 13.5 Å². The fourth-order valence-corrected chi connectivity index (χ4v) is 3.33. The van der Waals surface area contributed by atoms with Crippen molar-refractivity contribution in [1.82, 2.24) is 14.7 Å². The summed E-state index contributed by atoms with van der Waals surface area (Å²) < 4.78 is 1.91. The van der Waals surface area contributed by atoms with Crippen LogP contribution in [-0.4, -0.2) is 40.7 Å². The number of hydrogen-bond acceptors (Lipinski definition) is 3. The average Bonchev–Trinajstić information content (AvgIpc) is 3.17. The molecule has 122 valence electrons. The Labute approximate surface area is 141 Å². The van der Waals surface area contributed by atoms with Crippen molar-refractivity contribution in [3.63, 3.8) is 0 Å². The number of halogens is 1.